The molecular formula is C22H19N5O3. The van der Waals surface area contributed by atoms with Gasteiger partial charge in [0.1, 0.15) is 18.9 Å². The average Bonchev–Trinajstić information content (AvgIpc) is 3.34. The van der Waals surface area contributed by atoms with Crippen LogP contribution in [0.5, 0.6) is 11.5 Å². The molecule has 0 bridgehead atoms. The maximum Gasteiger partial charge on any atom is 0.223 e. The highest BCUT2D eigenvalue weighted by atomic mass is 16.6. The van der Waals surface area contributed by atoms with Gasteiger partial charge in [-0.2, -0.15) is 0 Å². The molecule has 0 saturated carbocycles. The van der Waals surface area contributed by atoms with E-state index in [2.05, 4.69) is 20.3 Å². The van der Waals surface area contributed by atoms with E-state index in [0.29, 0.717) is 36.3 Å². The van der Waals surface area contributed by atoms with Gasteiger partial charge in [0.15, 0.2) is 17.3 Å². The van der Waals surface area contributed by atoms with Crippen LogP contribution in [0.1, 0.15) is 18.5 Å². The second-order valence-corrected chi connectivity index (χ2v) is 6.79. The van der Waals surface area contributed by atoms with Crippen LogP contribution in [0.25, 0.3) is 22.7 Å². The Kier molecular flexibility index (Phi) is 4.72. The van der Waals surface area contributed by atoms with Crippen molar-refractivity contribution in [1.82, 2.24) is 19.9 Å². The van der Waals surface area contributed by atoms with Crippen molar-refractivity contribution in [3.05, 3.63) is 66.9 Å². The second kappa shape index (κ2) is 7.82. The highest BCUT2D eigenvalue weighted by molar-refractivity contribution is 5.76. The Morgan fingerprint density at radius 1 is 1.00 bits per heavy atom. The van der Waals surface area contributed by atoms with Gasteiger partial charge in [0.25, 0.3) is 0 Å². The smallest absolute Gasteiger partial charge is 0.223 e. The van der Waals surface area contributed by atoms with E-state index in [1.54, 1.807) is 31.1 Å². The van der Waals surface area contributed by atoms with Gasteiger partial charge in [0, 0.05) is 24.2 Å². The first-order valence-corrected chi connectivity index (χ1v) is 9.61. The van der Waals surface area contributed by atoms with E-state index < -0.39 is 0 Å². The molecule has 1 aliphatic heterocycles. The van der Waals surface area contributed by atoms with Crippen LogP contribution in [0.4, 0.5) is 5.95 Å². The summed E-state index contributed by atoms with van der Waals surface area (Å²) in [4.78, 5) is 17.7. The minimum Gasteiger partial charge on any atom is -0.486 e. The monoisotopic (exact) mass is 401 g/mol. The molecule has 4 heterocycles. The molecule has 150 valence electrons. The van der Waals surface area contributed by atoms with Crippen molar-refractivity contribution in [1.29, 1.82) is 0 Å². The topological polar surface area (TPSA) is 95.2 Å². The number of hydrogen-bond acceptors (Lipinski definition) is 8. The zero-order valence-corrected chi connectivity index (χ0v) is 16.3. The molecule has 0 aliphatic carbocycles. The molecule has 0 fully saturated rings. The first kappa shape index (κ1) is 18.1. The number of nitrogens with zero attached hydrogens (tertiary/aromatic N) is 4. The molecule has 1 N–H and O–H groups in total. The van der Waals surface area contributed by atoms with Gasteiger partial charge < -0.3 is 19.2 Å². The van der Waals surface area contributed by atoms with E-state index >= 15 is 0 Å². The molecule has 0 radical (unpaired) electrons. The predicted molar refractivity (Wildman–Crippen MR) is 110 cm³/mol. The fraction of sp³-hybridized carbons (Fsp3) is 0.182. The average molecular weight is 401 g/mol. The second-order valence-electron chi connectivity index (χ2n) is 6.79. The molecule has 30 heavy (non-hydrogen) atoms. The summed E-state index contributed by atoms with van der Waals surface area (Å²) in [5, 5.41) is 3.35. The van der Waals surface area contributed by atoms with Crippen molar-refractivity contribution in [2.75, 3.05) is 18.5 Å². The number of benzene rings is 1. The molecule has 0 amide bonds. The largest absolute Gasteiger partial charge is 0.486 e. The maximum absolute atomic E-state index is 5.69. The van der Waals surface area contributed by atoms with E-state index in [-0.39, 0.29) is 6.04 Å². The molecule has 1 aromatic carbocycles. The van der Waals surface area contributed by atoms with Crippen molar-refractivity contribution in [3.63, 3.8) is 0 Å². The lowest BCUT2D eigenvalue weighted by Gasteiger charge is -2.21. The molecule has 0 spiro atoms. The van der Waals surface area contributed by atoms with Crippen molar-refractivity contribution >= 4 is 5.95 Å². The van der Waals surface area contributed by atoms with Crippen LogP contribution in [0.2, 0.25) is 0 Å². The third-order valence-corrected chi connectivity index (χ3v) is 4.79. The van der Waals surface area contributed by atoms with E-state index in [1.165, 1.54) is 0 Å². The van der Waals surface area contributed by atoms with Crippen LogP contribution in [-0.4, -0.2) is 33.1 Å². The SMILES string of the molecule is CC(Nc1ncc(-c2cnccn2)c(-c2ccco2)n1)c1ccc2c(c1)OCCO2. The lowest BCUT2D eigenvalue weighted by atomic mass is 10.1. The molecule has 0 saturated heterocycles. The van der Waals surface area contributed by atoms with Crippen molar-refractivity contribution < 1.29 is 13.9 Å². The van der Waals surface area contributed by atoms with Gasteiger partial charge in [-0.3, -0.25) is 9.97 Å². The lowest BCUT2D eigenvalue weighted by Crippen LogP contribution is -2.16. The first-order valence-electron chi connectivity index (χ1n) is 9.61. The van der Waals surface area contributed by atoms with Crippen LogP contribution in [0.3, 0.4) is 0 Å². The zero-order chi connectivity index (χ0) is 20.3. The van der Waals surface area contributed by atoms with E-state index in [1.807, 2.05) is 37.3 Å². The summed E-state index contributed by atoms with van der Waals surface area (Å²) in [5.74, 6) is 2.63. The van der Waals surface area contributed by atoms with Gasteiger partial charge in [-0.25, -0.2) is 9.97 Å². The highest BCUT2D eigenvalue weighted by Crippen LogP contribution is 2.34. The fourth-order valence-electron chi connectivity index (χ4n) is 3.28. The number of anilines is 1. The third kappa shape index (κ3) is 3.55. The third-order valence-electron chi connectivity index (χ3n) is 4.79. The summed E-state index contributed by atoms with van der Waals surface area (Å²) in [6, 6.07) is 9.54. The molecule has 4 aromatic rings. The fourth-order valence-corrected chi connectivity index (χ4v) is 3.28. The Labute approximate surface area is 173 Å². The Morgan fingerprint density at radius 3 is 2.70 bits per heavy atom. The number of ether oxygens (including phenoxy) is 2. The summed E-state index contributed by atoms with van der Waals surface area (Å²) in [5.41, 5.74) is 3.11. The minimum atomic E-state index is -0.0485. The Balaban J connectivity index is 1.46. The standard InChI is InChI=1S/C22H19N5O3/c1-14(15-4-5-18-20(11-15)30-10-9-29-18)26-22-25-12-16(17-13-23-6-7-24-17)21(27-22)19-3-2-8-28-19/h2-8,11-14H,9-10H2,1H3,(H,25,26,27). The summed E-state index contributed by atoms with van der Waals surface area (Å²) in [6.07, 6.45) is 8.28. The Hall–Kier alpha value is -3.94. The lowest BCUT2D eigenvalue weighted by molar-refractivity contribution is 0.171. The molecule has 5 rings (SSSR count). The molecule has 8 heteroatoms. The molecule has 1 atom stereocenters. The van der Waals surface area contributed by atoms with E-state index in [9.17, 15) is 0 Å². The number of furan rings is 1. The Bertz CT molecular complexity index is 1150. The summed E-state index contributed by atoms with van der Waals surface area (Å²) >= 11 is 0. The number of fused-ring (bicyclic) bond motifs is 1. The van der Waals surface area contributed by atoms with Gasteiger partial charge in [0.05, 0.1) is 24.2 Å². The van der Waals surface area contributed by atoms with Gasteiger partial charge in [0.2, 0.25) is 5.95 Å². The summed E-state index contributed by atoms with van der Waals surface area (Å²) < 4.78 is 16.9. The maximum atomic E-state index is 5.69. The van der Waals surface area contributed by atoms with Crippen LogP contribution < -0.4 is 14.8 Å². The van der Waals surface area contributed by atoms with E-state index in [0.717, 1.165) is 22.6 Å². The summed E-state index contributed by atoms with van der Waals surface area (Å²) in [7, 11) is 0. The Morgan fingerprint density at radius 2 is 1.90 bits per heavy atom. The van der Waals surface area contributed by atoms with Gasteiger partial charge in [-0.1, -0.05) is 6.07 Å². The molecule has 8 nitrogen and oxygen atoms in total. The van der Waals surface area contributed by atoms with Crippen LogP contribution in [-0.2, 0) is 0 Å². The van der Waals surface area contributed by atoms with Crippen LogP contribution in [0.15, 0.2) is 65.8 Å². The molecule has 1 aliphatic rings. The van der Waals surface area contributed by atoms with E-state index in [4.69, 9.17) is 18.9 Å². The van der Waals surface area contributed by atoms with Crippen LogP contribution in [0, 0.1) is 0 Å². The predicted octanol–water partition coefficient (Wildman–Crippen LogP) is 4.14. The molecule has 1 unspecified atom stereocenters. The van der Waals surface area contributed by atoms with Crippen molar-refractivity contribution in [2.45, 2.75) is 13.0 Å². The molecule has 3 aromatic heterocycles. The normalized spacial score (nSPS) is 13.6. The molecular weight excluding hydrogens is 382 g/mol. The number of rotatable bonds is 5. The van der Waals surface area contributed by atoms with Crippen LogP contribution >= 0.6 is 0 Å². The van der Waals surface area contributed by atoms with Gasteiger partial charge in [-0.05, 0) is 36.8 Å². The van der Waals surface area contributed by atoms with Crippen molar-refractivity contribution in [2.24, 2.45) is 0 Å². The number of nitrogens with one attached hydrogen (secondary N) is 1. The zero-order valence-electron chi connectivity index (χ0n) is 16.3. The minimum absolute atomic E-state index is 0.0485. The first-order chi connectivity index (χ1) is 14.8. The number of hydrogen-bond donors (Lipinski definition) is 1. The van der Waals surface area contributed by atoms with Gasteiger partial charge in [-0.15, -0.1) is 0 Å². The van der Waals surface area contributed by atoms with Gasteiger partial charge >= 0.3 is 0 Å². The quantitative estimate of drug-likeness (QED) is 0.533. The highest BCUT2D eigenvalue weighted by Gasteiger charge is 2.18. The van der Waals surface area contributed by atoms with Crippen molar-refractivity contribution in [3.8, 4) is 34.2 Å². The number of aromatic nitrogens is 4. The summed E-state index contributed by atoms with van der Waals surface area (Å²) in [6.45, 7) is 3.16.